The second-order valence-corrected chi connectivity index (χ2v) is 4.56. The van der Waals surface area contributed by atoms with E-state index < -0.39 is 4.92 Å². The molecule has 1 rings (SSSR count). The number of hydrogen-bond acceptors (Lipinski definition) is 5. The summed E-state index contributed by atoms with van der Waals surface area (Å²) in [7, 11) is 0. The van der Waals surface area contributed by atoms with Gasteiger partial charge in [0, 0.05) is 12.6 Å². The fourth-order valence-corrected chi connectivity index (χ4v) is 1.86. The summed E-state index contributed by atoms with van der Waals surface area (Å²) in [5.74, 6) is 0.551. The fraction of sp³-hybridized carbons (Fsp3) is 0.615. The van der Waals surface area contributed by atoms with Crippen LogP contribution in [-0.4, -0.2) is 16.5 Å². The Labute approximate surface area is 113 Å². The Morgan fingerprint density at radius 1 is 1.26 bits per heavy atom. The lowest BCUT2D eigenvalue weighted by Crippen LogP contribution is -2.07. The summed E-state index contributed by atoms with van der Waals surface area (Å²) in [4.78, 5) is 14.3. The zero-order chi connectivity index (χ0) is 14.1. The Bertz CT molecular complexity index is 410. The molecule has 0 saturated heterocycles. The van der Waals surface area contributed by atoms with E-state index in [0.717, 1.165) is 12.8 Å². The largest absolute Gasteiger partial charge is 0.384 e. The first-order valence-corrected chi connectivity index (χ1v) is 6.80. The maximum Gasteiger partial charge on any atom is 0.311 e. The van der Waals surface area contributed by atoms with Crippen molar-refractivity contribution in [2.24, 2.45) is 0 Å². The molecule has 0 radical (unpaired) electrons. The number of nitrogens with two attached hydrogens (primary N) is 1. The van der Waals surface area contributed by atoms with Crippen LogP contribution >= 0.6 is 0 Å². The smallest absolute Gasteiger partial charge is 0.311 e. The number of nitro groups is 1. The van der Waals surface area contributed by atoms with E-state index in [1.807, 2.05) is 0 Å². The van der Waals surface area contributed by atoms with Gasteiger partial charge in [0.05, 0.1) is 4.92 Å². The number of nitrogens with zero attached hydrogens (tertiary/aromatic N) is 2. The molecule has 19 heavy (non-hydrogen) atoms. The molecule has 0 aromatic carbocycles. The molecule has 0 saturated carbocycles. The highest BCUT2D eigenvalue weighted by atomic mass is 16.6. The van der Waals surface area contributed by atoms with E-state index in [4.69, 9.17) is 5.73 Å². The molecule has 6 nitrogen and oxygen atoms in total. The molecule has 0 fully saturated rings. The van der Waals surface area contributed by atoms with Gasteiger partial charge in [-0.3, -0.25) is 10.1 Å². The van der Waals surface area contributed by atoms with Gasteiger partial charge in [0.2, 0.25) is 5.82 Å². The van der Waals surface area contributed by atoms with Gasteiger partial charge in [0.25, 0.3) is 0 Å². The van der Waals surface area contributed by atoms with E-state index in [0.29, 0.717) is 6.54 Å². The standard InChI is InChI=1S/C13H22N4O2/c1-2-3-4-5-6-7-10-15-13-11(17(18)19)8-9-12(14)16-13/h8-9H,2-7,10H2,1H3,(H3,14,15,16). The van der Waals surface area contributed by atoms with Gasteiger partial charge in [-0.05, 0) is 12.5 Å². The number of aromatic nitrogens is 1. The van der Waals surface area contributed by atoms with Gasteiger partial charge in [-0.15, -0.1) is 0 Å². The van der Waals surface area contributed by atoms with Crippen molar-refractivity contribution in [3.8, 4) is 0 Å². The van der Waals surface area contributed by atoms with Crippen molar-refractivity contribution in [1.82, 2.24) is 4.98 Å². The van der Waals surface area contributed by atoms with Gasteiger partial charge in [-0.1, -0.05) is 39.0 Å². The van der Waals surface area contributed by atoms with Crippen LogP contribution in [0.4, 0.5) is 17.3 Å². The molecule has 0 bridgehead atoms. The second-order valence-electron chi connectivity index (χ2n) is 4.56. The lowest BCUT2D eigenvalue weighted by atomic mass is 10.1. The van der Waals surface area contributed by atoms with E-state index in [2.05, 4.69) is 17.2 Å². The monoisotopic (exact) mass is 266 g/mol. The van der Waals surface area contributed by atoms with Crippen molar-refractivity contribution in [1.29, 1.82) is 0 Å². The van der Waals surface area contributed by atoms with Crippen molar-refractivity contribution >= 4 is 17.3 Å². The van der Waals surface area contributed by atoms with Crippen molar-refractivity contribution in [2.75, 3.05) is 17.6 Å². The highest BCUT2D eigenvalue weighted by molar-refractivity contribution is 5.59. The van der Waals surface area contributed by atoms with Gasteiger partial charge < -0.3 is 11.1 Å². The molecule has 0 amide bonds. The van der Waals surface area contributed by atoms with E-state index in [-0.39, 0.29) is 17.3 Å². The molecule has 106 valence electrons. The van der Waals surface area contributed by atoms with Crippen molar-refractivity contribution in [3.05, 3.63) is 22.2 Å². The van der Waals surface area contributed by atoms with E-state index in [9.17, 15) is 10.1 Å². The van der Waals surface area contributed by atoms with Gasteiger partial charge in [0.1, 0.15) is 5.82 Å². The van der Waals surface area contributed by atoms with Crippen LogP contribution in [0.15, 0.2) is 12.1 Å². The molecule has 3 N–H and O–H groups in total. The second kappa shape index (κ2) is 8.29. The van der Waals surface area contributed by atoms with Crippen LogP contribution in [0.1, 0.15) is 45.4 Å². The van der Waals surface area contributed by atoms with Gasteiger partial charge in [0.15, 0.2) is 0 Å². The summed E-state index contributed by atoms with van der Waals surface area (Å²) in [5.41, 5.74) is 5.51. The zero-order valence-electron chi connectivity index (χ0n) is 11.4. The minimum atomic E-state index is -0.448. The summed E-state index contributed by atoms with van der Waals surface area (Å²) in [5, 5.41) is 13.8. The highest BCUT2D eigenvalue weighted by Gasteiger charge is 2.14. The molecule has 6 heteroatoms. The minimum absolute atomic E-state index is 0.0276. The van der Waals surface area contributed by atoms with E-state index in [1.165, 1.54) is 37.8 Å². The lowest BCUT2D eigenvalue weighted by Gasteiger charge is -2.06. The molecule has 0 unspecified atom stereocenters. The summed E-state index contributed by atoms with van der Waals surface area (Å²) in [6, 6.07) is 2.82. The topological polar surface area (TPSA) is 94.1 Å². The zero-order valence-corrected chi connectivity index (χ0v) is 11.4. The highest BCUT2D eigenvalue weighted by Crippen LogP contribution is 2.22. The molecule has 1 heterocycles. The number of anilines is 2. The van der Waals surface area contributed by atoms with Gasteiger partial charge in [-0.2, -0.15) is 0 Å². The number of nitrogens with one attached hydrogen (secondary N) is 1. The van der Waals surface area contributed by atoms with Crippen LogP contribution in [0.3, 0.4) is 0 Å². The SMILES string of the molecule is CCCCCCCCNc1nc(N)ccc1[N+](=O)[O-]. The van der Waals surface area contributed by atoms with Crippen molar-refractivity contribution in [3.63, 3.8) is 0 Å². The maximum atomic E-state index is 10.8. The lowest BCUT2D eigenvalue weighted by molar-refractivity contribution is -0.384. The summed E-state index contributed by atoms with van der Waals surface area (Å²) >= 11 is 0. The molecule has 0 atom stereocenters. The predicted molar refractivity (Wildman–Crippen MR) is 77.2 cm³/mol. The number of unbranched alkanes of at least 4 members (excludes halogenated alkanes) is 5. The normalized spacial score (nSPS) is 10.4. The van der Waals surface area contributed by atoms with Crippen molar-refractivity contribution in [2.45, 2.75) is 45.4 Å². The first kappa shape index (κ1) is 15.2. The molecule has 0 spiro atoms. The molecule has 0 aliphatic heterocycles. The van der Waals surface area contributed by atoms with Crippen LogP contribution < -0.4 is 11.1 Å². The molecular weight excluding hydrogens is 244 g/mol. The Morgan fingerprint density at radius 2 is 1.95 bits per heavy atom. The minimum Gasteiger partial charge on any atom is -0.384 e. The number of rotatable bonds is 9. The van der Waals surface area contributed by atoms with Gasteiger partial charge >= 0.3 is 5.69 Å². The molecule has 1 aromatic rings. The number of nitrogen functional groups attached to an aromatic ring is 1. The average Bonchev–Trinajstić information content (AvgIpc) is 2.37. The first-order valence-electron chi connectivity index (χ1n) is 6.80. The summed E-state index contributed by atoms with van der Waals surface area (Å²) in [6.07, 6.45) is 7.09. The predicted octanol–water partition coefficient (Wildman–Crippen LogP) is 3.34. The Hall–Kier alpha value is -1.85. The quantitative estimate of drug-likeness (QED) is 0.406. The Balaban J connectivity index is 2.36. The molecule has 1 aromatic heterocycles. The Kier molecular flexibility index (Phi) is 6.63. The van der Waals surface area contributed by atoms with Crippen LogP contribution in [0.2, 0.25) is 0 Å². The average molecular weight is 266 g/mol. The van der Waals surface area contributed by atoms with E-state index >= 15 is 0 Å². The Morgan fingerprint density at radius 3 is 2.63 bits per heavy atom. The first-order chi connectivity index (χ1) is 9.15. The van der Waals surface area contributed by atoms with Crippen LogP contribution in [0.5, 0.6) is 0 Å². The van der Waals surface area contributed by atoms with Crippen LogP contribution in [-0.2, 0) is 0 Å². The van der Waals surface area contributed by atoms with Crippen molar-refractivity contribution < 1.29 is 4.92 Å². The van der Waals surface area contributed by atoms with Gasteiger partial charge in [-0.25, -0.2) is 4.98 Å². The van der Waals surface area contributed by atoms with Crippen LogP contribution in [0.25, 0.3) is 0 Å². The molecule has 0 aliphatic carbocycles. The molecular formula is C13H22N4O2. The molecule has 0 aliphatic rings. The third kappa shape index (κ3) is 5.54. The van der Waals surface area contributed by atoms with E-state index in [1.54, 1.807) is 0 Å². The third-order valence-corrected chi connectivity index (χ3v) is 2.91. The fourth-order valence-electron chi connectivity index (χ4n) is 1.86. The summed E-state index contributed by atoms with van der Waals surface area (Å²) < 4.78 is 0. The number of hydrogen-bond donors (Lipinski definition) is 2. The third-order valence-electron chi connectivity index (χ3n) is 2.91. The maximum absolute atomic E-state index is 10.8. The number of pyridine rings is 1. The summed E-state index contributed by atoms with van der Waals surface area (Å²) in [6.45, 7) is 2.87. The van der Waals surface area contributed by atoms with Crippen LogP contribution in [0, 0.1) is 10.1 Å².